The first-order valence-electron chi connectivity index (χ1n) is 20.1. The molecule has 0 saturated heterocycles. The molecule has 2 aliphatic heterocycles. The van der Waals surface area contributed by atoms with Crippen LogP contribution in [0.4, 0.5) is 5.69 Å². The molecule has 0 radical (unpaired) electrons. The lowest BCUT2D eigenvalue weighted by molar-refractivity contribution is -0.131. The minimum Gasteiger partial charge on any atom is -0.508 e. The van der Waals surface area contributed by atoms with Crippen molar-refractivity contribution < 1.29 is 19.5 Å². The molecule has 59 heavy (non-hydrogen) atoms. The van der Waals surface area contributed by atoms with Gasteiger partial charge in [0.25, 0.3) is 11.8 Å². The topological polar surface area (TPSA) is 124 Å². The van der Waals surface area contributed by atoms with Crippen LogP contribution in [-0.4, -0.2) is 54.3 Å². The van der Waals surface area contributed by atoms with Gasteiger partial charge in [0, 0.05) is 79.1 Å². The molecule has 8 rings (SSSR count). The van der Waals surface area contributed by atoms with Crippen LogP contribution >= 0.6 is 0 Å². The number of nitrogens with zero attached hydrogens (tertiary/aromatic N) is 5. The van der Waals surface area contributed by atoms with E-state index in [1.165, 1.54) is 11.6 Å². The summed E-state index contributed by atoms with van der Waals surface area (Å²) in [6.45, 7) is 9.10. The van der Waals surface area contributed by atoms with Gasteiger partial charge in [-0.25, -0.2) is 0 Å². The first kappa shape index (κ1) is 39.0. The van der Waals surface area contributed by atoms with Crippen LogP contribution in [0.15, 0.2) is 91.0 Å². The third-order valence-corrected chi connectivity index (χ3v) is 12.4. The number of phenols is 1. The number of carbonyl (C=O) groups is 3. The molecule has 10 heteroatoms. The summed E-state index contributed by atoms with van der Waals surface area (Å²) in [5, 5.41) is 23.3. The maximum Gasteiger partial charge on any atom is 0.258 e. The fraction of sp³-hybridized carbons (Fsp3) is 0.265. The second-order valence-electron chi connectivity index (χ2n) is 16.0. The van der Waals surface area contributed by atoms with Crippen molar-refractivity contribution in [2.45, 2.75) is 66.1 Å². The summed E-state index contributed by atoms with van der Waals surface area (Å²) >= 11 is 0. The summed E-state index contributed by atoms with van der Waals surface area (Å²) in [6, 6.07) is 30.9. The molecule has 1 atom stereocenters. The number of aromatic nitrogens is 2. The highest BCUT2D eigenvalue weighted by atomic mass is 16.3. The molecule has 0 unspecified atom stereocenters. The quantitative estimate of drug-likeness (QED) is 0.158. The first-order chi connectivity index (χ1) is 28.3. The number of phenolic OH excluding ortho intramolecular Hbond substituents is 1. The van der Waals surface area contributed by atoms with Gasteiger partial charge in [0.05, 0.1) is 17.7 Å². The van der Waals surface area contributed by atoms with Crippen LogP contribution in [0.3, 0.4) is 0 Å². The Morgan fingerprint density at radius 2 is 1.54 bits per heavy atom. The molecule has 298 valence electrons. The third kappa shape index (κ3) is 7.07. The van der Waals surface area contributed by atoms with Crippen molar-refractivity contribution in [3.63, 3.8) is 0 Å². The predicted octanol–water partition coefficient (Wildman–Crippen LogP) is 8.17. The van der Waals surface area contributed by atoms with Crippen LogP contribution < -0.4 is 5.32 Å². The van der Waals surface area contributed by atoms with E-state index in [-0.39, 0.29) is 29.5 Å². The Kier molecular flexibility index (Phi) is 10.2. The summed E-state index contributed by atoms with van der Waals surface area (Å²) in [5.74, 6) is -0.346. The Morgan fingerprint density at radius 3 is 2.25 bits per heavy atom. The van der Waals surface area contributed by atoms with E-state index in [0.29, 0.717) is 88.6 Å². The number of hydrogen-bond donors (Lipinski definition) is 2. The van der Waals surface area contributed by atoms with Crippen molar-refractivity contribution in [1.29, 1.82) is 5.26 Å². The van der Waals surface area contributed by atoms with Gasteiger partial charge in [0.2, 0.25) is 5.91 Å². The maximum atomic E-state index is 15.3. The molecule has 0 saturated carbocycles. The van der Waals surface area contributed by atoms with Gasteiger partial charge in [-0.2, -0.15) is 5.26 Å². The molecule has 4 aromatic carbocycles. The maximum absolute atomic E-state index is 15.3. The third-order valence-electron chi connectivity index (χ3n) is 12.4. The highest BCUT2D eigenvalue weighted by Gasteiger charge is 2.35. The molecule has 2 aliphatic rings. The van der Waals surface area contributed by atoms with E-state index in [4.69, 9.17) is 0 Å². The molecule has 0 aliphatic carbocycles. The van der Waals surface area contributed by atoms with Crippen molar-refractivity contribution >= 4 is 23.4 Å². The van der Waals surface area contributed by atoms with Gasteiger partial charge < -0.3 is 29.4 Å². The van der Waals surface area contributed by atoms with E-state index < -0.39 is 0 Å². The Morgan fingerprint density at radius 1 is 0.814 bits per heavy atom. The molecule has 0 spiro atoms. The second kappa shape index (κ2) is 15.5. The number of anilines is 1. The van der Waals surface area contributed by atoms with Crippen molar-refractivity contribution in [2.75, 3.05) is 11.9 Å². The van der Waals surface area contributed by atoms with E-state index in [0.717, 1.165) is 34.4 Å². The van der Waals surface area contributed by atoms with Crippen molar-refractivity contribution in [2.24, 2.45) is 14.1 Å². The van der Waals surface area contributed by atoms with E-state index in [9.17, 15) is 20.0 Å². The summed E-state index contributed by atoms with van der Waals surface area (Å²) in [5.41, 5.74) is 12.0. The molecule has 10 nitrogen and oxygen atoms in total. The molecule has 6 aromatic rings. The van der Waals surface area contributed by atoms with Gasteiger partial charge in [-0.15, -0.1) is 0 Å². The number of rotatable bonds is 7. The Hall–Kier alpha value is -6.86. The summed E-state index contributed by atoms with van der Waals surface area (Å²) in [6.07, 6.45) is 1.62. The Bertz CT molecular complexity index is 2720. The highest BCUT2D eigenvalue weighted by molar-refractivity contribution is 6.14. The SMILES string of the molecule is Cc1cc(O)ccc1NC(=O)c1c(-c2cc(C#N)n(C)c2C)c(-c2cc3c(cc2C(=O)N2Cc4ccccc4C[C@H]2C)CN(C(=O)Cc2ccccc2)CC3)n(C)c1C. The van der Waals surface area contributed by atoms with E-state index >= 15 is 4.79 Å². The van der Waals surface area contributed by atoms with Crippen LogP contribution in [0.1, 0.15) is 78.1 Å². The zero-order valence-corrected chi connectivity index (χ0v) is 34.4. The summed E-state index contributed by atoms with van der Waals surface area (Å²) in [4.78, 5) is 47.4. The largest absolute Gasteiger partial charge is 0.508 e. The Labute approximate surface area is 344 Å². The molecule has 2 N–H and O–H groups in total. The number of aryl methyl sites for hydroxylation is 1. The fourth-order valence-corrected chi connectivity index (χ4v) is 8.87. The summed E-state index contributed by atoms with van der Waals surface area (Å²) < 4.78 is 3.80. The van der Waals surface area contributed by atoms with Crippen LogP contribution in [0.2, 0.25) is 0 Å². The number of fused-ring (bicyclic) bond motifs is 2. The van der Waals surface area contributed by atoms with Crippen LogP contribution in [0, 0.1) is 32.1 Å². The molecular formula is C49H48N6O4. The average Bonchev–Trinajstić information content (AvgIpc) is 3.66. The molecule has 0 bridgehead atoms. The monoisotopic (exact) mass is 784 g/mol. The molecular weight excluding hydrogens is 737 g/mol. The Balaban J connectivity index is 1.32. The number of hydrogen-bond acceptors (Lipinski definition) is 5. The van der Waals surface area contributed by atoms with E-state index in [1.807, 2.05) is 108 Å². The van der Waals surface area contributed by atoms with Crippen molar-refractivity contribution in [1.82, 2.24) is 18.9 Å². The number of nitrogens with one attached hydrogen (secondary N) is 1. The molecule has 4 heterocycles. The zero-order valence-electron chi connectivity index (χ0n) is 34.4. The van der Waals surface area contributed by atoms with Crippen LogP contribution in [0.25, 0.3) is 22.4 Å². The highest BCUT2D eigenvalue weighted by Crippen LogP contribution is 2.44. The first-order valence-corrected chi connectivity index (χ1v) is 20.1. The van der Waals surface area contributed by atoms with Crippen molar-refractivity contribution in [3.05, 3.63) is 153 Å². The number of aromatic hydroxyl groups is 1. The standard InChI is InChI=1S/C49H48N6O4/c1-29-20-39(56)16-17-43(29)51-48(58)45-32(4)53(6)47(46(45)40-25-38(26-50)52(5)31(40)3)41-23-35-18-19-54(44(57)22-33-12-8-7-9-13-33)27-37(35)24-42(41)49(59)55-28-36-15-11-10-14-34(36)21-30(55)2/h7-17,20,23-25,30,56H,18-19,21-22,27-28H2,1-6H3,(H,51,58)/t30-/m1/s1. The lowest BCUT2D eigenvalue weighted by Crippen LogP contribution is -2.43. The lowest BCUT2D eigenvalue weighted by atomic mass is 9.87. The summed E-state index contributed by atoms with van der Waals surface area (Å²) in [7, 11) is 3.75. The van der Waals surface area contributed by atoms with Gasteiger partial charge in [-0.05, 0) is 110 Å². The molecule has 0 fully saturated rings. The number of nitriles is 1. The zero-order chi connectivity index (χ0) is 41.7. The van der Waals surface area contributed by atoms with E-state index in [2.05, 4.69) is 36.5 Å². The molecule has 3 amide bonds. The van der Waals surface area contributed by atoms with Crippen LogP contribution in [-0.2, 0) is 51.2 Å². The smallest absolute Gasteiger partial charge is 0.258 e. The van der Waals surface area contributed by atoms with Gasteiger partial charge in [0.1, 0.15) is 17.5 Å². The van der Waals surface area contributed by atoms with Gasteiger partial charge in [0.15, 0.2) is 0 Å². The predicted molar refractivity (Wildman–Crippen MR) is 229 cm³/mol. The second-order valence-corrected chi connectivity index (χ2v) is 16.0. The minimum atomic E-state index is -0.352. The molecule has 2 aromatic heterocycles. The number of benzene rings is 4. The normalized spacial score (nSPS) is 14.7. The number of amides is 3. The van der Waals surface area contributed by atoms with E-state index in [1.54, 1.807) is 12.1 Å². The van der Waals surface area contributed by atoms with Crippen molar-refractivity contribution in [3.8, 4) is 34.2 Å². The number of carbonyl (C=O) groups excluding carboxylic acids is 3. The average molecular weight is 785 g/mol. The minimum absolute atomic E-state index is 0.0350. The lowest BCUT2D eigenvalue weighted by Gasteiger charge is -2.36. The van der Waals surface area contributed by atoms with Crippen LogP contribution in [0.5, 0.6) is 5.75 Å². The van der Waals surface area contributed by atoms with Gasteiger partial charge in [-0.3, -0.25) is 14.4 Å². The fourth-order valence-electron chi connectivity index (χ4n) is 8.87. The van der Waals surface area contributed by atoms with Gasteiger partial charge >= 0.3 is 0 Å². The van der Waals surface area contributed by atoms with Gasteiger partial charge in [-0.1, -0.05) is 54.6 Å².